The number of hydrogen-bond donors (Lipinski definition) is 1. The van der Waals surface area contributed by atoms with Crippen LogP contribution in [0.5, 0.6) is 0 Å². The molecule has 2 N–H and O–H groups in total. The molecule has 0 spiro atoms. The highest BCUT2D eigenvalue weighted by Gasteiger charge is 2.08. The highest BCUT2D eigenvalue weighted by Crippen LogP contribution is 2.17. The second-order valence-electron chi connectivity index (χ2n) is 3.55. The molecular weight excluding hydrogens is 152 g/mol. The third-order valence-electron chi connectivity index (χ3n) is 2.02. The van der Waals surface area contributed by atoms with E-state index >= 15 is 0 Å². The number of rotatable bonds is 3. The molecule has 3 nitrogen and oxygen atoms in total. The first kappa shape index (κ1) is 9.10. The van der Waals surface area contributed by atoms with Crippen molar-refractivity contribution in [2.75, 3.05) is 5.73 Å². The molecule has 1 aromatic heterocycles. The molecule has 0 amide bonds. The van der Waals surface area contributed by atoms with Gasteiger partial charge in [-0.25, -0.2) is 0 Å². The highest BCUT2D eigenvalue weighted by molar-refractivity contribution is 5.37. The number of nitrogens with two attached hydrogens (primary N) is 1. The SMILES string of the molecule is Cc1c(CCC(C)C)noc1N. The smallest absolute Gasteiger partial charge is 0.225 e. The van der Waals surface area contributed by atoms with Gasteiger partial charge in [-0.3, -0.25) is 0 Å². The van der Waals surface area contributed by atoms with Crippen LogP contribution in [0.3, 0.4) is 0 Å². The van der Waals surface area contributed by atoms with Crippen LogP contribution < -0.4 is 5.73 Å². The first-order valence-electron chi connectivity index (χ1n) is 4.32. The lowest BCUT2D eigenvalue weighted by molar-refractivity contribution is 0.423. The summed E-state index contributed by atoms with van der Waals surface area (Å²) in [7, 11) is 0. The van der Waals surface area contributed by atoms with E-state index in [1.165, 1.54) is 0 Å². The van der Waals surface area contributed by atoms with Crippen LogP contribution in [0, 0.1) is 12.8 Å². The third-order valence-corrected chi connectivity index (χ3v) is 2.02. The van der Waals surface area contributed by atoms with Crippen molar-refractivity contribution in [1.29, 1.82) is 0 Å². The van der Waals surface area contributed by atoms with E-state index in [4.69, 9.17) is 10.3 Å². The lowest BCUT2D eigenvalue weighted by Gasteiger charge is -2.00. The molecule has 1 rings (SSSR count). The summed E-state index contributed by atoms with van der Waals surface area (Å²) < 4.78 is 4.86. The summed E-state index contributed by atoms with van der Waals surface area (Å²) in [5.74, 6) is 1.15. The molecule has 0 bridgehead atoms. The van der Waals surface area contributed by atoms with Crippen molar-refractivity contribution >= 4 is 5.88 Å². The molecule has 1 aromatic rings. The van der Waals surface area contributed by atoms with Crippen LogP contribution in [0.1, 0.15) is 31.5 Å². The van der Waals surface area contributed by atoms with E-state index in [1.54, 1.807) is 0 Å². The molecule has 68 valence electrons. The van der Waals surface area contributed by atoms with Gasteiger partial charge in [-0.1, -0.05) is 19.0 Å². The summed E-state index contributed by atoms with van der Waals surface area (Å²) in [6, 6.07) is 0. The monoisotopic (exact) mass is 168 g/mol. The summed E-state index contributed by atoms with van der Waals surface area (Å²) >= 11 is 0. The molecule has 0 unspecified atom stereocenters. The van der Waals surface area contributed by atoms with E-state index in [-0.39, 0.29) is 0 Å². The van der Waals surface area contributed by atoms with Crippen molar-refractivity contribution in [3.8, 4) is 0 Å². The zero-order valence-electron chi connectivity index (χ0n) is 7.92. The van der Waals surface area contributed by atoms with Gasteiger partial charge >= 0.3 is 0 Å². The maximum atomic E-state index is 5.52. The van der Waals surface area contributed by atoms with Crippen LogP contribution in [-0.4, -0.2) is 5.16 Å². The minimum Gasteiger partial charge on any atom is -0.367 e. The average molecular weight is 168 g/mol. The van der Waals surface area contributed by atoms with Gasteiger partial charge < -0.3 is 10.3 Å². The first-order valence-corrected chi connectivity index (χ1v) is 4.32. The third kappa shape index (κ3) is 2.00. The van der Waals surface area contributed by atoms with Gasteiger partial charge in [0.15, 0.2) is 0 Å². The molecule has 0 radical (unpaired) electrons. The second-order valence-corrected chi connectivity index (χ2v) is 3.55. The van der Waals surface area contributed by atoms with Crippen LogP contribution in [-0.2, 0) is 6.42 Å². The molecule has 0 aromatic carbocycles. The van der Waals surface area contributed by atoms with Crippen molar-refractivity contribution in [2.45, 2.75) is 33.6 Å². The Morgan fingerprint density at radius 2 is 2.17 bits per heavy atom. The molecule has 0 fully saturated rings. The predicted molar refractivity (Wildman–Crippen MR) is 48.8 cm³/mol. The normalized spacial score (nSPS) is 11.0. The Bertz CT molecular complexity index is 253. The van der Waals surface area contributed by atoms with Gasteiger partial charge in [0.1, 0.15) is 0 Å². The van der Waals surface area contributed by atoms with Gasteiger partial charge in [-0.05, 0) is 25.7 Å². The van der Waals surface area contributed by atoms with Gasteiger partial charge in [0.2, 0.25) is 5.88 Å². The van der Waals surface area contributed by atoms with Crippen molar-refractivity contribution < 1.29 is 4.52 Å². The Hall–Kier alpha value is -0.990. The predicted octanol–water partition coefficient (Wildman–Crippen LogP) is 2.15. The highest BCUT2D eigenvalue weighted by atomic mass is 16.5. The Morgan fingerprint density at radius 3 is 2.58 bits per heavy atom. The summed E-state index contributed by atoms with van der Waals surface area (Å²) in [6.07, 6.45) is 2.09. The molecule has 0 aliphatic rings. The second kappa shape index (κ2) is 3.61. The van der Waals surface area contributed by atoms with Crippen LogP contribution in [0.25, 0.3) is 0 Å². The van der Waals surface area contributed by atoms with Crippen LogP contribution in [0.4, 0.5) is 5.88 Å². The molecular formula is C9H16N2O. The Kier molecular flexibility index (Phi) is 2.74. The van der Waals surface area contributed by atoms with Gasteiger partial charge in [-0.2, -0.15) is 0 Å². The van der Waals surface area contributed by atoms with Crippen LogP contribution >= 0.6 is 0 Å². The van der Waals surface area contributed by atoms with Crippen LogP contribution in [0.2, 0.25) is 0 Å². The molecule has 3 heteroatoms. The summed E-state index contributed by atoms with van der Waals surface area (Å²) in [4.78, 5) is 0. The minimum absolute atomic E-state index is 0.453. The zero-order chi connectivity index (χ0) is 9.14. The lowest BCUT2D eigenvalue weighted by atomic mass is 10.0. The molecule has 0 aliphatic carbocycles. The Balaban J connectivity index is 2.58. The topological polar surface area (TPSA) is 52.0 Å². The van der Waals surface area contributed by atoms with E-state index in [0.717, 1.165) is 24.1 Å². The van der Waals surface area contributed by atoms with Gasteiger partial charge in [0.25, 0.3) is 0 Å². The number of nitrogen functional groups attached to an aromatic ring is 1. The molecule has 0 aliphatic heterocycles. The zero-order valence-corrected chi connectivity index (χ0v) is 7.92. The van der Waals surface area contributed by atoms with Gasteiger partial charge in [-0.15, -0.1) is 0 Å². The molecule has 1 heterocycles. The minimum atomic E-state index is 0.453. The van der Waals surface area contributed by atoms with E-state index in [9.17, 15) is 0 Å². The quantitative estimate of drug-likeness (QED) is 0.752. The number of anilines is 1. The number of aromatic nitrogens is 1. The van der Waals surface area contributed by atoms with Gasteiger partial charge in [0, 0.05) is 5.56 Å². The van der Waals surface area contributed by atoms with E-state index < -0.39 is 0 Å². The van der Waals surface area contributed by atoms with E-state index in [1.807, 2.05) is 6.92 Å². The van der Waals surface area contributed by atoms with E-state index in [0.29, 0.717) is 11.8 Å². The summed E-state index contributed by atoms with van der Waals surface area (Å²) in [5.41, 5.74) is 7.51. The fourth-order valence-electron chi connectivity index (χ4n) is 1.04. The maximum Gasteiger partial charge on any atom is 0.225 e. The summed E-state index contributed by atoms with van der Waals surface area (Å²) in [6.45, 7) is 6.33. The van der Waals surface area contributed by atoms with Crippen molar-refractivity contribution in [3.05, 3.63) is 11.3 Å². The first-order chi connectivity index (χ1) is 5.61. The maximum absolute atomic E-state index is 5.52. The van der Waals surface area contributed by atoms with E-state index in [2.05, 4.69) is 19.0 Å². The fourth-order valence-corrected chi connectivity index (χ4v) is 1.04. The molecule has 0 saturated carbocycles. The Labute approximate surface area is 72.9 Å². The van der Waals surface area contributed by atoms with Crippen molar-refractivity contribution in [2.24, 2.45) is 5.92 Å². The fraction of sp³-hybridized carbons (Fsp3) is 0.667. The van der Waals surface area contributed by atoms with Crippen molar-refractivity contribution in [1.82, 2.24) is 5.16 Å². The number of nitrogens with zero attached hydrogens (tertiary/aromatic N) is 1. The molecule has 0 atom stereocenters. The average Bonchev–Trinajstić information content (AvgIpc) is 2.30. The van der Waals surface area contributed by atoms with Crippen molar-refractivity contribution in [3.63, 3.8) is 0 Å². The lowest BCUT2D eigenvalue weighted by Crippen LogP contribution is -1.94. The summed E-state index contributed by atoms with van der Waals surface area (Å²) in [5, 5.41) is 3.89. The molecule has 0 saturated heterocycles. The molecule has 12 heavy (non-hydrogen) atoms. The number of hydrogen-bond acceptors (Lipinski definition) is 3. The van der Waals surface area contributed by atoms with Crippen LogP contribution in [0.15, 0.2) is 4.52 Å². The number of aryl methyl sites for hydroxylation is 1. The van der Waals surface area contributed by atoms with Gasteiger partial charge in [0.05, 0.1) is 5.69 Å². The Morgan fingerprint density at radius 1 is 1.50 bits per heavy atom. The largest absolute Gasteiger partial charge is 0.367 e. The standard InChI is InChI=1S/C9H16N2O/c1-6(2)4-5-8-7(3)9(10)12-11-8/h6H,4-5,10H2,1-3H3.